The van der Waals surface area contributed by atoms with Crippen molar-refractivity contribution >= 4 is 28.1 Å². The van der Waals surface area contributed by atoms with Crippen LogP contribution in [0.2, 0.25) is 0 Å². The van der Waals surface area contributed by atoms with Gasteiger partial charge in [0.25, 0.3) is 5.91 Å². The molecule has 4 heterocycles. The van der Waals surface area contributed by atoms with E-state index in [1.165, 1.54) is 17.0 Å². The van der Waals surface area contributed by atoms with Crippen molar-refractivity contribution in [2.24, 2.45) is 0 Å². The van der Waals surface area contributed by atoms with Gasteiger partial charge in [-0.1, -0.05) is 18.2 Å². The summed E-state index contributed by atoms with van der Waals surface area (Å²) in [4.78, 5) is 24.1. The molecule has 1 saturated heterocycles. The molecule has 0 spiro atoms. The number of para-hydroxylation sites is 1. The van der Waals surface area contributed by atoms with Crippen molar-refractivity contribution in [1.29, 1.82) is 0 Å². The molecule has 0 aliphatic carbocycles. The predicted octanol–water partition coefficient (Wildman–Crippen LogP) is 5.02. The van der Waals surface area contributed by atoms with Crippen LogP contribution in [0.5, 0.6) is 0 Å². The lowest BCUT2D eigenvalue weighted by molar-refractivity contribution is 0.101. The normalized spacial score (nSPS) is 14.4. The summed E-state index contributed by atoms with van der Waals surface area (Å²) in [7, 11) is 0. The van der Waals surface area contributed by atoms with E-state index in [0.717, 1.165) is 37.2 Å². The Hall–Kier alpha value is -3.45. The van der Waals surface area contributed by atoms with E-state index in [1.807, 2.05) is 35.0 Å². The summed E-state index contributed by atoms with van der Waals surface area (Å²) in [6, 6.07) is 18.2. The van der Waals surface area contributed by atoms with Gasteiger partial charge in [0.15, 0.2) is 5.13 Å². The fourth-order valence-corrected chi connectivity index (χ4v) is 4.99. The van der Waals surface area contributed by atoms with Crippen molar-refractivity contribution in [2.45, 2.75) is 25.3 Å². The molecular weight excluding hydrogens is 418 g/mol. The van der Waals surface area contributed by atoms with Gasteiger partial charge in [-0.25, -0.2) is 4.98 Å². The first kappa shape index (κ1) is 20.5. The maximum atomic E-state index is 12.9. The number of hydrogen-bond donors (Lipinski definition) is 1. The molecule has 0 saturated carbocycles. The highest BCUT2D eigenvalue weighted by Crippen LogP contribution is 2.32. The summed E-state index contributed by atoms with van der Waals surface area (Å²) >= 11 is 1.50. The SMILES string of the molecule is O=C(Nc1nc(C2CCN(c3ccccc3)CC2)cs1)c1cccn1Cc1ccncc1. The van der Waals surface area contributed by atoms with E-state index in [0.29, 0.717) is 23.3 Å². The first-order valence-corrected chi connectivity index (χ1v) is 11.7. The standard InChI is InChI=1S/C25H25N5OS/c31-24(23-7-4-14-30(23)17-19-8-12-26-13-9-19)28-25-27-22(18-32-25)20-10-15-29(16-11-20)21-5-2-1-3-6-21/h1-9,12-14,18,20H,10-11,15-17H2,(H,27,28,31). The Balaban J connectivity index is 1.20. The van der Waals surface area contributed by atoms with E-state index in [2.05, 4.69) is 50.9 Å². The van der Waals surface area contributed by atoms with Gasteiger partial charge in [-0.2, -0.15) is 0 Å². The van der Waals surface area contributed by atoms with Crippen LogP contribution in [0.25, 0.3) is 0 Å². The van der Waals surface area contributed by atoms with E-state index < -0.39 is 0 Å². The third-order valence-electron chi connectivity index (χ3n) is 5.94. The molecule has 32 heavy (non-hydrogen) atoms. The molecule has 1 aliphatic rings. The van der Waals surface area contributed by atoms with E-state index in [4.69, 9.17) is 4.98 Å². The second-order valence-electron chi connectivity index (χ2n) is 8.01. The summed E-state index contributed by atoms with van der Waals surface area (Å²) in [5.74, 6) is 0.302. The molecular formula is C25H25N5OS. The monoisotopic (exact) mass is 443 g/mol. The van der Waals surface area contributed by atoms with Crippen LogP contribution >= 0.6 is 11.3 Å². The molecule has 1 aromatic carbocycles. The number of amides is 1. The molecule has 162 valence electrons. The van der Waals surface area contributed by atoms with Crippen molar-refractivity contribution in [3.05, 3.63) is 95.5 Å². The zero-order valence-corrected chi connectivity index (χ0v) is 18.5. The van der Waals surface area contributed by atoms with Gasteiger partial charge in [0.05, 0.1) is 5.69 Å². The summed E-state index contributed by atoms with van der Waals surface area (Å²) in [5.41, 5.74) is 4.09. The Bertz CT molecular complexity index is 1160. The van der Waals surface area contributed by atoms with Gasteiger partial charge in [-0.15, -0.1) is 11.3 Å². The zero-order valence-electron chi connectivity index (χ0n) is 17.7. The lowest BCUT2D eigenvalue weighted by Gasteiger charge is -2.33. The molecule has 1 amide bonds. The smallest absolute Gasteiger partial charge is 0.274 e. The highest BCUT2D eigenvalue weighted by Gasteiger charge is 2.23. The molecule has 3 aromatic heterocycles. The number of thiazole rings is 1. The summed E-state index contributed by atoms with van der Waals surface area (Å²) in [6.45, 7) is 2.67. The van der Waals surface area contributed by atoms with E-state index in [1.54, 1.807) is 12.4 Å². The molecule has 4 aromatic rings. The average Bonchev–Trinajstić information content (AvgIpc) is 3.50. The van der Waals surface area contributed by atoms with Crippen molar-refractivity contribution < 1.29 is 4.79 Å². The maximum absolute atomic E-state index is 12.9. The van der Waals surface area contributed by atoms with Gasteiger partial charge in [-0.05, 0) is 54.8 Å². The number of benzene rings is 1. The average molecular weight is 444 g/mol. The minimum absolute atomic E-state index is 0.135. The van der Waals surface area contributed by atoms with Crippen LogP contribution in [0, 0.1) is 0 Å². The Kier molecular flexibility index (Phi) is 5.98. The van der Waals surface area contributed by atoms with E-state index >= 15 is 0 Å². The molecule has 6 nitrogen and oxygen atoms in total. The lowest BCUT2D eigenvalue weighted by atomic mass is 9.94. The van der Waals surface area contributed by atoms with E-state index in [-0.39, 0.29) is 5.91 Å². The molecule has 1 fully saturated rings. The number of pyridine rings is 1. The molecule has 1 aliphatic heterocycles. The first-order chi connectivity index (χ1) is 15.8. The Morgan fingerprint density at radius 3 is 2.59 bits per heavy atom. The van der Waals surface area contributed by atoms with Crippen molar-refractivity contribution in [3.8, 4) is 0 Å². The van der Waals surface area contributed by atoms with Crippen LogP contribution in [-0.4, -0.2) is 33.5 Å². The number of carbonyl (C=O) groups excluding carboxylic acids is 1. The number of carbonyl (C=O) groups is 1. The summed E-state index contributed by atoms with van der Waals surface area (Å²) in [6.07, 6.45) is 7.59. The number of anilines is 2. The minimum Gasteiger partial charge on any atom is -0.371 e. The van der Waals surface area contributed by atoms with Gasteiger partial charge in [0, 0.05) is 55.2 Å². The van der Waals surface area contributed by atoms with Crippen LogP contribution in [0.4, 0.5) is 10.8 Å². The molecule has 7 heteroatoms. The Labute approximate surface area is 191 Å². The Morgan fingerprint density at radius 2 is 1.81 bits per heavy atom. The first-order valence-electron chi connectivity index (χ1n) is 10.9. The van der Waals surface area contributed by atoms with Crippen LogP contribution in [0.15, 0.2) is 78.6 Å². The van der Waals surface area contributed by atoms with Gasteiger partial charge < -0.3 is 9.47 Å². The van der Waals surface area contributed by atoms with Crippen molar-refractivity contribution in [1.82, 2.24) is 14.5 Å². The highest BCUT2D eigenvalue weighted by molar-refractivity contribution is 7.14. The van der Waals surface area contributed by atoms with Crippen molar-refractivity contribution in [3.63, 3.8) is 0 Å². The summed E-state index contributed by atoms with van der Waals surface area (Å²) < 4.78 is 1.94. The van der Waals surface area contributed by atoms with Gasteiger partial charge >= 0.3 is 0 Å². The minimum atomic E-state index is -0.135. The lowest BCUT2D eigenvalue weighted by Crippen LogP contribution is -2.32. The topological polar surface area (TPSA) is 63.1 Å². The predicted molar refractivity (Wildman–Crippen MR) is 128 cm³/mol. The van der Waals surface area contributed by atoms with Crippen LogP contribution in [0.3, 0.4) is 0 Å². The van der Waals surface area contributed by atoms with Crippen LogP contribution < -0.4 is 10.2 Å². The van der Waals surface area contributed by atoms with Gasteiger partial charge in [-0.3, -0.25) is 15.1 Å². The van der Waals surface area contributed by atoms with Crippen LogP contribution in [0.1, 0.15) is 40.5 Å². The second kappa shape index (κ2) is 9.36. The molecule has 0 bridgehead atoms. The number of nitrogens with zero attached hydrogens (tertiary/aromatic N) is 4. The number of aromatic nitrogens is 3. The molecule has 0 atom stereocenters. The fraction of sp³-hybridized carbons (Fsp3) is 0.240. The Morgan fingerprint density at radius 1 is 1.03 bits per heavy atom. The molecule has 0 unspecified atom stereocenters. The highest BCUT2D eigenvalue weighted by atomic mass is 32.1. The number of hydrogen-bond acceptors (Lipinski definition) is 5. The fourth-order valence-electron chi connectivity index (χ4n) is 4.21. The number of nitrogens with one attached hydrogen (secondary N) is 1. The maximum Gasteiger partial charge on any atom is 0.274 e. The van der Waals surface area contributed by atoms with Crippen molar-refractivity contribution in [2.75, 3.05) is 23.3 Å². The molecule has 1 N–H and O–H groups in total. The van der Waals surface area contributed by atoms with E-state index in [9.17, 15) is 4.79 Å². The molecule has 0 radical (unpaired) electrons. The number of rotatable bonds is 6. The molecule has 5 rings (SSSR count). The third-order valence-corrected chi connectivity index (χ3v) is 6.72. The zero-order chi connectivity index (χ0) is 21.8. The second-order valence-corrected chi connectivity index (χ2v) is 8.86. The largest absolute Gasteiger partial charge is 0.371 e. The van der Waals surface area contributed by atoms with Gasteiger partial charge in [0.1, 0.15) is 5.69 Å². The summed E-state index contributed by atoms with van der Waals surface area (Å²) in [5, 5.41) is 5.74. The van der Waals surface area contributed by atoms with Gasteiger partial charge in [0.2, 0.25) is 0 Å². The number of piperidine rings is 1. The van der Waals surface area contributed by atoms with Crippen LogP contribution in [-0.2, 0) is 6.54 Å². The quantitative estimate of drug-likeness (QED) is 0.454. The third kappa shape index (κ3) is 4.57.